The van der Waals surface area contributed by atoms with Crippen LogP contribution in [0.5, 0.6) is 0 Å². The zero-order valence-corrected chi connectivity index (χ0v) is 12.7. The molecule has 2 rings (SSSR count). The molecule has 0 spiro atoms. The molecule has 1 amide bonds. The average molecular weight is 325 g/mol. The third-order valence-electron chi connectivity index (χ3n) is 2.90. The molecule has 0 unspecified atom stereocenters. The van der Waals surface area contributed by atoms with Crippen molar-refractivity contribution in [1.82, 2.24) is 9.88 Å². The summed E-state index contributed by atoms with van der Waals surface area (Å²) in [7, 11) is 0. The van der Waals surface area contributed by atoms with Crippen molar-refractivity contribution >= 4 is 29.1 Å². The van der Waals surface area contributed by atoms with Crippen molar-refractivity contribution in [3.05, 3.63) is 63.9 Å². The monoisotopic (exact) mass is 324 g/mol. The smallest absolute Gasteiger partial charge is 0.272 e. The minimum absolute atomic E-state index is 0.125. The molecular weight excluding hydrogens is 311 g/mol. The van der Waals surface area contributed by atoms with E-state index in [0.29, 0.717) is 22.3 Å². The highest BCUT2D eigenvalue weighted by molar-refractivity contribution is 6.42. The number of nitrogens with zero attached hydrogens (tertiary/aromatic N) is 2. The number of hydrogen-bond donors (Lipinski definition) is 1. The van der Waals surface area contributed by atoms with Crippen LogP contribution in [0.2, 0.25) is 10.0 Å². The molecule has 0 saturated carbocycles. The summed E-state index contributed by atoms with van der Waals surface area (Å²) in [6.07, 6.45) is 1.56. The predicted molar refractivity (Wildman–Crippen MR) is 82.5 cm³/mol. The lowest BCUT2D eigenvalue weighted by atomic mass is 10.2. The number of hydrogen-bond acceptors (Lipinski definition) is 3. The molecule has 1 aromatic heterocycles. The molecule has 4 nitrogen and oxygen atoms in total. The largest absolute Gasteiger partial charge is 0.395 e. The summed E-state index contributed by atoms with van der Waals surface area (Å²) in [6.45, 7) is 0.419. The number of amides is 1. The second kappa shape index (κ2) is 7.41. The summed E-state index contributed by atoms with van der Waals surface area (Å²) >= 11 is 11.8. The van der Waals surface area contributed by atoms with Crippen molar-refractivity contribution in [2.75, 3.05) is 13.2 Å². The van der Waals surface area contributed by atoms with E-state index >= 15 is 0 Å². The van der Waals surface area contributed by atoms with E-state index in [1.807, 2.05) is 0 Å². The Kier molecular flexibility index (Phi) is 5.56. The third kappa shape index (κ3) is 4.17. The lowest BCUT2D eigenvalue weighted by Gasteiger charge is -2.21. The number of carbonyl (C=O) groups is 1. The van der Waals surface area contributed by atoms with Gasteiger partial charge in [0.1, 0.15) is 5.69 Å². The quantitative estimate of drug-likeness (QED) is 0.919. The number of aliphatic hydroxyl groups is 1. The van der Waals surface area contributed by atoms with Crippen molar-refractivity contribution in [3.63, 3.8) is 0 Å². The Balaban J connectivity index is 2.19. The number of pyridine rings is 1. The van der Waals surface area contributed by atoms with Crippen LogP contribution in [-0.2, 0) is 6.54 Å². The van der Waals surface area contributed by atoms with Gasteiger partial charge in [0.05, 0.1) is 16.7 Å². The summed E-state index contributed by atoms with van der Waals surface area (Å²) in [4.78, 5) is 17.9. The average Bonchev–Trinajstić information content (AvgIpc) is 2.50. The van der Waals surface area contributed by atoms with Gasteiger partial charge < -0.3 is 10.0 Å². The van der Waals surface area contributed by atoms with Crippen LogP contribution in [0.15, 0.2) is 42.6 Å². The number of halogens is 2. The number of benzene rings is 1. The van der Waals surface area contributed by atoms with E-state index in [1.54, 1.807) is 42.6 Å². The molecule has 0 bridgehead atoms. The van der Waals surface area contributed by atoms with Crippen molar-refractivity contribution in [2.24, 2.45) is 0 Å². The van der Waals surface area contributed by atoms with Crippen LogP contribution in [0.4, 0.5) is 0 Å². The number of aliphatic hydroxyl groups excluding tert-OH is 1. The number of rotatable bonds is 5. The first-order valence-electron chi connectivity index (χ1n) is 6.37. The van der Waals surface area contributed by atoms with E-state index in [0.717, 1.165) is 5.56 Å². The molecule has 0 aliphatic carbocycles. The number of aromatic nitrogens is 1. The molecule has 0 fully saturated rings. The molecule has 6 heteroatoms. The fourth-order valence-electron chi connectivity index (χ4n) is 1.88. The van der Waals surface area contributed by atoms with Gasteiger partial charge in [-0.3, -0.25) is 9.78 Å². The molecule has 0 saturated heterocycles. The lowest BCUT2D eigenvalue weighted by Crippen LogP contribution is -2.33. The molecule has 0 atom stereocenters. The summed E-state index contributed by atoms with van der Waals surface area (Å²) in [5.41, 5.74) is 1.17. The van der Waals surface area contributed by atoms with Crippen LogP contribution in [0.1, 0.15) is 16.1 Å². The Morgan fingerprint density at radius 3 is 2.62 bits per heavy atom. The van der Waals surface area contributed by atoms with E-state index in [1.165, 1.54) is 4.90 Å². The first kappa shape index (κ1) is 15.8. The molecule has 0 aliphatic heterocycles. The summed E-state index contributed by atoms with van der Waals surface area (Å²) in [5, 5.41) is 10.0. The summed E-state index contributed by atoms with van der Waals surface area (Å²) in [5.74, 6) is -0.240. The summed E-state index contributed by atoms with van der Waals surface area (Å²) in [6, 6.07) is 10.3. The maximum absolute atomic E-state index is 12.4. The molecule has 1 aromatic carbocycles. The maximum atomic E-state index is 12.4. The molecule has 1 heterocycles. The maximum Gasteiger partial charge on any atom is 0.272 e. The van der Waals surface area contributed by atoms with Gasteiger partial charge in [0.2, 0.25) is 0 Å². The Morgan fingerprint density at radius 2 is 2.00 bits per heavy atom. The van der Waals surface area contributed by atoms with Crippen LogP contribution in [0, 0.1) is 0 Å². The van der Waals surface area contributed by atoms with Crippen molar-refractivity contribution < 1.29 is 9.90 Å². The van der Waals surface area contributed by atoms with E-state index in [9.17, 15) is 4.79 Å². The van der Waals surface area contributed by atoms with Gasteiger partial charge in [0.15, 0.2) is 0 Å². The topological polar surface area (TPSA) is 53.4 Å². The normalized spacial score (nSPS) is 10.4. The van der Waals surface area contributed by atoms with Gasteiger partial charge in [-0.1, -0.05) is 35.3 Å². The second-order valence-corrected chi connectivity index (χ2v) is 5.23. The molecule has 0 radical (unpaired) electrons. The van der Waals surface area contributed by atoms with Crippen LogP contribution < -0.4 is 0 Å². The van der Waals surface area contributed by atoms with Gasteiger partial charge in [-0.25, -0.2) is 0 Å². The molecule has 1 N–H and O–H groups in total. The van der Waals surface area contributed by atoms with Gasteiger partial charge in [-0.05, 0) is 29.8 Å². The summed E-state index contributed by atoms with van der Waals surface area (Å²) < 4.78 is 0. The number of carbonyl (C=O) groups excluding carboxylic acids is 1. The predicted octanol–water partition coefficient (Wildman–Crippen LogP) is 3.02. The standard InChI is InChI=1S/C15H14Cl2N2O2/c16-12-5-4-11(9-13(12)17)10-19(7-8-20)15(21)14-3-1-2-6-18-14/h1-6,9,20H,7-8,10H2. The Morgan fingerprint density at radius 1 is 1.19 bits per heavy atom. The van der Waals surface area contributed by atoms with Crippen LogP contribution >= 0.6 is 23.2 Å². The van der Waals surface area contributed by atoms with Crippen LogP contribution in [-0.4, -0.2) is 34.0 Å². The second-order valence-electron chi connectivity index (χ2n) is 4.41. The van der Waals surface area contributed by atoms with E-state index in [2.05, 4.69) is 4.98 Å². The zero-order valence-electron chi connectivity index (χ0n) is 11.2. The molecular formula is C15H14Cl2N2O2. The Hall–Kier alpha value is -1.62. The van der Waals surface area contributed by atoms with Crippen molar-refractivity contribution in [2.45, 2.75) is 6.54 Å². The van der Waals surface area contributed by atoms with E-state index in [-0.39, 0.29) is 19.1 Å². The van der Waals surface area contributed by atoms with Gasteiger partial charge in [-0.15, -0.1) is 0 Å². The van der Waals surface area contributed by atoms with E-state index < -0.39 is 0 Å². The van der Waals surface area contributed by atoms with Gasteiger partial charge >= 0.3 is 0 Å². The third-order valence-corrected chi connectivity index (χ3v) is 3.64. The van der Waals surface area contributed by atoms with Crippen LogP contribution in [0.3, 0.4) is 0 Å². The minimum Gasteiger partial charge on any atom is -0.395 e. The molecule has 21 heavy (non-hydrogen) atoms. The van der Waals surface area contributed by atoms with Gasteiger partial charge in [0, 0.05) is 19.3 Å². The first-order chi connectivity index (χ1) is 10.1. The fraction of sp³-hybridized carbons (Fsp3) is 0.200. The highest BCUT2D eigenvalue weighted by atomic mass is 35.5. The SMILES string of the molecule is O=C(c1ccccn1)N(CCO)Cc1ccc(Cl)c(Cl)c1. The molecule has 0 aliphatic rings. The minimum atomic E-state index is -0.240. The van der Waals surface area contributed by atoms with Gasteiger partial charge in [0.25, 0.3) is 5.91 Å². The molecule has 110 valence electrons. The first-order valence-corrected chi connectivity index (χ1v) is 7.12. The highest BCUT2D eigenvalue weighted by Gasteiger charge is 2.17. The zero-order chi connectivity index (χ0) is 15.2. The molecule has 2 aromatic rings. The van der Waals surface area contributed by atoms with Gasteiger partial charge in [-0.2, -0.15) is 0 Å². The van der Waals surface area contributed by atoms with E-state index in [4.69, 9.17) is 28.3 Å². The van der Waals surface area contributed by atoms with Crippen molar-refractivity contribution in [3.8, 4) is 0 Å². The Bertz CT molecular complexity index is 620. The van der Waals surface area contributed by atoms with Crippen LogP contribution in [0.25, 0.3) is 0 Å². The Labute approximate surface area is 132 Å². The van der Waals surface area contributed by atoms with Crippen molar-refractivity contribution in [1.29, 1.82) is 0 Å². The fourth-order valence-corrected chi connectivity index (χ4v) is 2.20. The lowest BCUT2D eigenvalue weighted by molar-refractivity contribution is 0.0702. The highest BCUT2D eigenvalue weighted by Crippen LogP contribution is 2.23.